The van der Waals surface area contributed by atoms with Crippen molar-refractivity contribution in [1.29, 1.82) is 0 Å². The predicted octanol–water partition coefficient (Wildman–Crippen LogP) is 1.17. The highest BCUT2D eigenvalue weighted by molar-refractivity contribution is 5.95. The molecule has 3 N–H and O–H groups in total. The Bertz CT molecular complexity index is 811. The van der Waals surface area contributed by atoms with E-state index in [2.05, 4.69) is 25.9 Å². The first-order chi connectivity index (χ1) is 12.5. The van der Waals surface area contributed by atoms with Gasteiger partial charge in [-0.3, -0.25) is 4.79 Å². The standard InChI is InChI=1S/C16H15F2N5O3/c1-26-9-2-11(17)13(12(18)3-9)10-6-21-15(24)14(10)23-16(25)22-8-4-19-7-20-5-8/h2-5,7,10,14H,6H2,1H3,(H,21,24)(H2,22,23,25)/t10-,14-/m0/s1. The lowest BCUT2D eigenvalue weighted by Crippen LogP contribution is -2.45. The van der Waals surface area contributed by atoms with Crippen molar-refractivity contribution < 1.29 is 23.1 Å². The molecule has 10 heteroatoms. The van der Waals surface area contributed by atoms with Crippen LogP contribution in [-0.2, 0) is 4.79 Å². The van der Waals surface area contributed by atoms with Crippen LogP contribution in [0.4, 0.5) is 19.3 Å². The molecule has 1 saturated heterocycles. The molecule has 1 aromatic heterocycles. The van der Waals surface area contributed by atoms with E-state index in [9.17, 15) is 18.4 Å². The van der Waals surface area contributed by atoms with Crippen LogP contribution in [0.2, 0.25) is 0 Å². The number of urea groups is 1. The SMILES string of the molecule is COc1cc(F)c([C@@H]2CNC(=O)[C@H]2NC(=O)Nc2cncnc2)c(F)c1. The van der Waals surface area contributed by atoms with Gasteiger partial charge in [-0.2, -0.15) is 0 Å². The number of rotatable bonds is 4. The fraction of sp³-hybridized carbons (Fsp3) is 0.250. The van der Waals surface area contributed by atoms with Crippen LogP contribution in [0.3, 0.4) is 0 Å². The fourth-order valence-electron chi connectivity index (χ4n) is 2.76. The maximum atomic E-state index is 14.3. The molecule has 0 saturated carbocycles. The van der Waals surface area contributed by atoms with E-state index in [1.807, 2.05) is 0 Å². The summed E-state index contributed by atoms with van der Waals surface area (Å²) in [7, 11) is 1.29. The Labute approximate surface area is 147 Å². The molecule has 2 heterocycles. The highest BCUT2D eigenvalue weighted by atomic mass is 19.1. The minimum atomic E-state index is -1.14. The van der Waals surface area contributed by atoms with Crippen LogP contribution in [0.1, 0.15) is 11.5 Å². The maximum Gasteiger partial charge on any atom is 0.320 e. The van der Waals surface area contributed by atoms with Gasteiger partial charge < -0.3 is 20.7 Å². The van der Waals surface area contributed by atoms with Gasteiger partial charge in [0.1, 0.15) is 29.8 Å². The lowest BCUT2D eigenvalue weighted by atomic mass is 9.93. The van der Waals surface area contributed by atoms with E-state index >= 15 is 0 Å². The van der Waals surface area contributed by atoms with Crippen LogP contribution in [-0.4, -0.2) is 41.6 Å². The number of nitrogens with zero attached hydrogens (tertiary/aromatic N) is 2. The first kappa shape index (κ1) is 17.5. The molecule has 1 fully saturated rings. The van der Waals surface area contributed by atoms with E-state index in [0.717, 1.165) is 12.1 Å². The van der Waals surface area contributed by atoms with Crippen LogP contribution in [0.15, 0.2) is 30.9 Å². The summed E-state index contributed by atoms with van der Waals surface area (Å²) < 4.78 is 33.5. The number of carbonyl (C=O) groups is 2. The Kier molecular flexibility index (Phi) is 4.92. The zero-order valence-corrected chi connectivity index (χ0v) is 13.6. The second kappa shape index (κ2) is 7.30. The zero-order chi connectivity index (χ0) is 18.7. The number of anilines is 1. The van der Waals surface area contributed by atoms with E-state index < -0.39 is 35.5 Å². The van der Waals surface area contributed by atoms with Crippen molar-refractivity contribution in [3.05, 3.63) is 48.1 Å². The van der Waals surface area contributed by atoms with Crippen molar-refractivity contribution in [1.82, 2.24) is 20.6 Å². The second-order valence-corrected chi connectivity index (χ2v) is 5.56. The van der Waals surface area contributed by atoms with Gasteiger partial charge in [0.25, 0.3) is 0 Å². The number of ether oxygens (including phenoxy) is 1. The highest BCUT2D eigenvalue weighted by Crippen LogP contribution is 2.31. The minimum Gasteiger partial charge on any atom is -0.497 e. The van der Waals surface area contributed by atoms with Gasteiger partial charge in [0.15, 0.2) is 0 Å². The van der Waals surface area contributed by atoms with Crippen molar-refractivity contribution in [2.75, 3.05) is 19.0 Å². The number of hydrogen-bond acceptors (Lipinski definition) is 5. The number of methoxy groups -OCH3 is 1. The largest absolute Gasteiger partial charge is 0.497 e. The third kappa shape index (κ3) is 3.53. The van der Waals surface area contributed by atoms with Crippen LogP contribution < -0.4 is 20.7 Å². The van der Waals surface area contributed by atoms with E-state index in [-0.39, 0.29) is 17.9 Å². The summed E-state index contributed by atoms with van der Waals surface area (Å²) in [6.45, 7) is -0.0155. The molecule has 3 rings (SSSR count). The summed E-state index contributed by atoms with van der Waals surface area (Å²) in [4.78, 5) is 31.6. The summed E-state index contributed by atoms with van der Waals surface area (Å²) in [5, 5.41) is 7.37. The van der Waals surface area contributed by atoms with E-state index in [4.69, 9.17) is 4.74 Å². The monoisotopic (exact) mass is 363 g/mol. The Balaban J connectivity index is 1.80. The second-order valence-electron chi connectivity index (χ2n) is 5.56. The average Bonchev–Trinajstić information content (AvgIpc) is 2.95. The van der Waals surface area contributed by atoms with Gasteiger partial charge in [0.2, 0.25) is 5.91 Å². The maximum absolute atomic E-state index is 14.3. The molecule has 8 nitrogen and oxygen atoms in total. The minimum absolute atomic E-state index is 0.0155. The number of benzene rings is 1. The van der Waals surface area contributed by atoms with Gasteiger partial charge in [0.05, 0.1) is 25.2 Å². The molecule has 0 spiro atoms. The third-order valence-corrected chi connectivity index (χ3v) is 3.95. The Morgan fingerprint density at radius 1 is 1.27 bits per heavy atom. The molecule has 2 aromatic rings. The summed E-state index contributed by atoms with van der Waals surface area (Å²) in [5.41, 5.74) is 0.0132. The van der Waals surface area contributed by atoms with Crippen molar-refractivity contribution in [3.8, 4) is 5.75 Å². The average molecular weight is 363 g/mol. The number of aromatic nitrogens is 2. The molecule has 1 aliphatic rings. The highest BCUT2D eigenvalue weighted by Gasteiger charge is 2.40. The molecule has 1 aliphatic heterocycles. The van der Waals surface area contributed by atoms with E-state index in [1.54, 1.807) is 0 Å². The quantitative estimate of drug-likeness (QED) is 0.756. The molecule has 0 bridgehead atoms. The molecular weight excluding hydrogens is 348 g/mol. The van der Waals surface area contributed by atoms with Gasteiger partial charge in [-0.05, 0) is 0 Å². The molecule has 0 aliphatic carbocycles. The van der Waals surface area contributed by atoms with Gasteiger partial charge in [-0.1, -0.05) is 0 Å². The molecule has 26 heavy (non-hydrogen) atoms. The Morgan fingerprint density at radius 2 is 1.92 bits per heavy atom. The first-order valence-corrected chi connectivity index (χ1v) is 7.62. The number of carbonyl (C=O) groups excluding carboxylic acids is 2. The van der Waals surface area contributed by atoms with Crippen molar-refractivity contribution in [2.45, 2.75) is 12.0 Å². The molecule has 1 aromatic carbocycles. The number of halogens is 2. The van der Waals surface area contributed by atoms with E-state index in [0.29, 0.717) is 5.69 Å². The van der Waals surface area contributed by atoms with Crippen LogP contribution in [0, 0.1) is 11.6 Å². The van der Waals surface area contributed by atoms with Crippen molar-refractivity contribution >= 4 is 17.6 Å². The number of amides is 3. The zero-order valence-electron chi connectivity index (χ0n) is 13.6. The topological polar surface area (TPSA) is 105 Å². The van der Waals surface area contributed by atoms with Gasteiger partial charge in [0, 0.05) is 30.2 Å². The first-order valence-electron chi connectivity index (χ1n) is 7.62. The molecule has 136 valence electrons. The van der Waals surface area contributed by atoms with Gasteiger partial charge in [-0.15, -0.1) is 0 Å². The van der Waals surface area contributed by atoms with Crippen LogP contribution >= 0.6 is 0 Å². The van der Waals surface area contributed by atoms with Crippen molar-refractivity contribution in [3.63, 3.8) is 0 Å². The lowest BCUT2D eigenvalue weighted by molar-refractivity contribution is -0.120. The fourth-order valence-corrected chi connectivity index (χ4v) is 2.76. The van der Waals surface area contributed by atoms with Crippen LogP contribution in [0.5, 0.6) is 5.75 Å². The van der Waals surface area contributed by atoms with Gasteiger partial charge in [-0.25, -0.2) is 23.5 Å². The lowest BCUT2D eigenvalue weighted by Gasteiger charge is -2.20. The molecule has 0 radical (unpaired) electrons. The normalized spacial score (nSPS) is 19.0. The third-order valence-electron chi connectivity index (χ3n) is 3.95. The van der Waals surface area contributed by atoms with E-state index in [1.165, 1.54) is 25.8 Å². The number of nitrogens with one attached hydrogen (secondary N) is 3. The van der Waals surface area contributed by atoms with Crippen molar-refractivity contribution in [2.24, 2.45) is 0 Å². The Morgan fingerprint density at radius 3 is 2.54 bits per heavy atom. The summed E-state index contributed by atoms with van der Waals surface area (Å²) in [6, 6.07) is 0.192. The molecule has 3 amide bonds. The number of hydrogen-bond donors (Lipinski definition) is 3. The predicted molar refractivity (Wildman–Crippen MR) is 86.6 cm³/mol. The molecule has 0 unspecified atom stereocenters. The summed E-state index contributed by atoms with van der Waals surface area (Å²) in [5.74, 6) is -3.14. The summed E-state index contributed by atoms with van der Waals surface area (Å²) in [6.07, 6.45) is 4.02. The summed E-state index contributed by atoms with van der Waals surface area (Å²) >= 11 is 0. The molecule has 2 atom stereocenters. The van der Waals surface area contributed by atoms with Crippen LogP contribution in [0.25, 0.3) is 0 Å². The Hall–Kier alpha value is -3.30. The smallest absolute Gasteiger partial charge is 0.320 e. The molecular formula is C16H15F2N5O3. The van der Waals surface area contributed by atoms with Gasteiger partial charge >= 0.3 is 6.03 Å².